The smallest absolute Gasteiger partial charge is 0.503 e. The van der Waals surface area contributed by atoms with Crippen LogP contribution in [0.25, 0.3) is 60.1 Å². The number of ether oxygens (including phenoxy) is 1. The Morgan fingerprint density at radius 3 is 2.24 bits per heavy atom. The summed E-state index contributed by atoms with van der Waals surface area (Å²) in [5.74, 6) is 2.06. The van der Waals surface area contributed by atoms with Gasteiger partial charge in [0.1, 0.15) is 5.82 Å². The summed E-state index contributed by atoms with van der Waals surface area (Å²) >= 11 is 0. The molecule has 0 aliphatic heterocycles. The summed E-state index contributed by atoms with van der Waals surface area (Å²) < 4.78 is 8.60. The molecule has 0 N–H and O–H groups in total. The second-order valence-corrected chi connectivity index (χ2v) is 12.6. The van der Waals surface area contributed by atoms with Gasteiger partial charge in [0.05, 0.1) is 0 Å². The summed E-state index contributed by atoms with van der Waals surface area (Å²) in [6.07, 6.45) is 7.63. The minimum Gasteiger partial charge on any atom is -0.503 e. The first-order valence-electron chi connectivity index (χ1n) is 14.8. The van der Waals surface area contributed by atoms with Crippen LogP contribution in [0.3, 0.4) is 0 Å². The zero-order chi connectivity index (χ0) is 30.2. The van der Waals surface area contributed by atoms with Crippen molar-refractivity contribution in [2.75, 3.05) is 0 Å². The molecule has 0 aliphatic rings. The van der Waals surface area contributed by atoms with Crippen LogP contribution in [0.4, 0.5) is 0 Å². The maximum Gasteiger partial charge on any atom is 2.00 e. The largest absolute Gasteiger partial charge is 2.00 e. The molecule has 4 aromatic heterocycles. The van der Waals surface area contributed by atoms with E-state index in [-0.39, 0.29) is 26.5 Å². The molecule has 45 heavy (non-hydrogen) atoms. The SMILES string of the molecule is Cc1cnc(-n2c3[c-]c(Oc4[c-]c5c(cc4)ccc4ccc6cc(C(C)(C)C)cnc6c45)ccc3c3cnccc32)cc1C.[Pt+2]. The topological polar surface area (TPSA) is 52.8 Å². The summed E-state index contributed by atoms with van der Waals surface area (Å²) in [6.45, 7) is 10.8. The van der Waals surface area contributed by atoms with E-state index in [9.17, 15) is 0 Å². The molecule has 0 atom stereocenters. The van der Waals surface area contributed by atoms with Gasteiger partial charge < -0.3 is 9.30 Å². The molecule has 4 aromatic carbocycles. The number of pyridine rings is 3. The minimum atomic E-state index is 0. The molecule has 0 spiro atoms. The van der Waals surface area contributed by atoms with Crippen LogP contribution in [0.15, 0.2) is 91.5 Å². The fourth-order valence-electron chi connectivity index (χ4n) is 6.01. The third-order valence-corrected chi connectivity index (χ3v) is 8.65. The maximum atomic E-state index is 6.47. The quantitative estimate of drug-likeness (QED) is 0.133. The van der Waals surface area contributed by atoms with Crippen LogP contribution in [0, 0.1) is 26.0 Å². The first kappa shape index (κ1) is 29.1. The predicted molar refractivity (Wildman–Crippen MR) is 179 cm³/mol. The van der Waals surface area contributed by atoms with Crippen LogP contribution in [0.5, 0.6) is 11.5 Å². The Morgan fingerprint density at radius 1 is 0.711 bits per heavy atom. The zero-order valence-electron chi connectivity index (χ0n) is 25.7. The molecule has 5 nitrogen and oxygen atoms in total. The Bertz CT molecular complexity index is 2440. The molecule has 0 bridgehead atoms. The van der Waals surface area contributed by atoms with Crippen molar-refractivity contribution >= 4 is 54.3 Å². The average molecular weight is 766 g/mol. The van der Waals surface area contributed by atoms with Crippen LogP contribution >= 0.6 is 0 Å². The first-order valence-corrected chi connectivity index (χ1v) is 14.8. The van der Waals surface area contributed by atoms with Crippen LogP contribution < -0.4 is 4.74 Å². The van der Waals surface area contributed by atoms with Crippen LogP contribution in [-0.2, 0) is 26.5 Å². The number of nitrogens with zero attached hydrogens (tertiary/aromatic N) is 4. The molecule has 0 aliphatic carbocycles. The van der Waals surface area contributed by atoms with E-state index in [1.54, 1.807) is 0 Å². The van der Waals surface area contributed by atoms with Crippen molar-refractivity contribution in [2.24, 2.45) is 0 Å². The Morgan fingerprint density at radius 2 is 1.44 bits per heavy atom. The normalized spacial score (nSPS) is 11.9. The van der Waals surface area contributed by atoms with E-state index in [0.717, 1.165) is 65.6 Å². The molecule has 4 heterocycles. The fraction of sp³-hybridized carbons (Fsp3) is 0.154. The van der Waals surface area contributed by atoms with Gasteiger partial charge in [0.15, 0.2) is 0 Å². The van der Waals surface area contributed by atoms with Crippen LogP contribution in [-0.4, -0.2) is 19.5 Å². The minimum absolute atomic E-state index is 0. The Labute approximate surface area is 276 Å². The van der Waals surface area contributed by atoms with E-state index in [1.807, 2.05) is 43.0 Å². The molecule has 222 valence electrons. The van der Waals surface area contributed by atoms with Crippen molar-refractivity contribution in [1.82, 2.24) is 19.5 Å². The second-order valence-electron chi connectivity index (χ2n) is 12.6. The summed E-state index contributed by atoms with van der Waals surface area (Å²) in [4.78, 5) is 14.1. The Kier molecular flexibility index (Phi) is 6.98. The predicted octanol–water partition coefficient (Wildman–Crippen LogP) is 9.73. The van der Waals surface area contributed by atoms with Gasteiger partial charge in [-0.3, -0.25) is 9.97 Å². The number of hydrogen-bond donors (Lipinski definition) is 0. The standard InChI is InChI=1S/C39H30N4O.Pt/c1-23-16-36(41-20-24(23)2)43-34-14-15-40-22-33(34)31-13-12-30(19-35(31)43)44-29-11-10-25-6-7-26-8-9-27-17-28(39(3,4)5)21-42-38(27)37(26)32(25)18-29;/h6-17,20-22H,1-5H3;/q-2;+2. The van der Waals surface area contributed by atoms with Gasteiger partial charge in [-0.1, -0.05) is 67.4 Å². The number of rotatable bonds is 3. The molecule has 0 fully saturated rings. The monoisotopic (exact) mass is 765 g/mol. The number of fused-ring (bicyclic) bond motifs is 8. The first-order chi connectivity index (χ1) is 21.2. The Hall–Kier alpha value is -4.60. The van der Waals surface area contributed by atoms with Gasteiger partial charge in [-0.15, -0.1) is 40.4 Å². The zero-order valence-corrected chi connectivity index (χ0v) is 27.9. The molecule has 0 saturated heterocycles. The average Bonchev–Trinajstić information content (AvgIpc) is 3.35. The third-order valence-electron chi connectivity index (χ3n) is 8.65. The molecule has 0 amide bonds. The van der Waals surface area contributed by atoms with E-state index >= 15 is 0 Å². The fourth-order valence-corrected chi connectivity index (χ4v) is 6.01. The van der Waals surface area contributed by atoms with E-state index in [1.165, 1.54) is 11.1 Å². The molecule has 8 rings (SSSR count). The van der Waals surface area contributed by atoms with E-state index in [2.05, 4.69) is 105 Å². The van der Waals surface area contributed by atoms with Crippen molar-refractivity contribution in [2.45, 2.75) is 40.0 Å². The molecule has 8 aromatic rings. The van der Waals surface area contributed by atoms with E-state index < -0.39 is 0 Å². The van der Waals surface area contributed by atoms with Crippen LogP contribution in [0.2, 0.25) is 0 Å². The second kappa shape index (κ2) is 10.8. The molecular formula is C39H30N4OPt. The van der Waals surface area contributed by atoms with Gasteiger partial charge in [0, 0.05) is 47.3 Å². The van der Waals surface area contributed by atoms with Crippen molar-refractivity contribution in [3.8, 4) is 17.3 Å². The summed E-state index contributed by atoms with van der Waals surface area (Å²) in [5, 5.41) is 7.50. The summed E-state index contributed by atoms with van der Waals surface area (Å²) in [7, 11) is 0. The number of hydrogen-bond acceptors (Lipinski definition) is 4. The van der Waals surface area contributed by atoms with Gasteiger partial charge in [0.25, 0.3) is 0 Å². The molecule has 0 unspecified atom stereocenters. The number of benzene rings is 4. The molecule has 6 heteroatoms. The van der Waals surface area contributed by atoms with Crippen LogP contribution in [0.1, 0.15) is 37.5 Å². The van der Waals surface area contributed by atoms with Gasteiger partial charge in [-0.2, -0.15) is 6.07 Å². The maximum absolute atomic E-state index is 6.47. The van der Waals surface area contributed by atoms with Crippen molar-refractivity contribution in [3.05, 3.63) is 120 Å². The van der Waals surface area contributed by atoms with E-state index in [4.69, 9.17) is 14.7 Å². The molecule has 0 radical (unpaired) electrons. The van der Waals surface area contributed by atoms with Crippen molar-refractivity contribution < 1.29 is 25.8 Å². The van der Waals surface area contributed by atoms with Crippen molar-refractivity contribution in [1.29, 1.82) is 0 Å². The van der Waals surface area contributed by atoms with Gasteiger partial charge >= 0.3 is 21.1 Å². The van der Waals surface area contributed by atoms with Gasteiger partial charge in [-0.25, -0.2) is 4.98 Å². The van der Waals surface area contributed by atoms with Crippen molar-refractivity contribution in [3.63, 3.8) is 0 Å². The van der Waals surface area contributed by atoms with Gasteiger partial charge in [0.2, 0.25) is 0 Å². The number of aryl methyl sites for hydroxylation is 2. The summed E-state index contributed by atoms with van der Waals surface area (Å²) in [5.41, 5.74) is 6.46. The van der Waals surface area contributed by atoms with E-state index in [0.29, 0.717) is 11.5 Å². The molecule has 0 saturated carbocycles. The van der Waals surface area contributed by atoms with Gasteiger partial charge in [-0.05, 0) is 64.9 Å². The molecular weight excluding hydrogens is 736 g/mol. The third kappa shape index (κ3) is 4.87. The number of aromatic nitrogens is 4. The Balaban J connectivity index is 0.00000325. The summed E-state index contributed by atoms with van der Waals surface area (Å²) in [6, 6.07) is 30.2.